The molecule has 0 radical (unpaired) electrons. The van der Waals surface area contributed by atoms with Crippen molar-refractivity contribution in [1.29, 1.82) is 0 Å². The molecule has 3 N–H and O–H groups in total. The van der Waals surface area contributed by atoms with Gasteiger partial charge in [-0.05, 0) is 19.1 Å². The lowest BCUT2D eigenvalue weighted by atomic mass is 10.2. The van der Waals surface area contributed by atoms with Gasteiger partial charge in [0, 0.05) is 0 Å². The Balaban J connectivity index is 4.23. The fourth-order valence-corrected chi connectivity index (χ4v) is 0.445. The monoisotopic (exact) mass is 186 g/mol. The first-order valence-corrected chi connectivity index (χ1v) is 3.47. The number of carbonyl (C=O) groups excluding carboxylic acids is 1. The molecule has 0 rings (SSSR count). The number of carbonyl (C=O) groups is 2. The van der Waals surface area contributed by atoms with Crippen LogP contribution in [0.2, 0.25) is 0 Å². The lowest BCUT2D eigenvalue weighted by Gasteiger charge is -1.94. The zero-order chi connectivity index (χ0) is 10.4. The van der Waals surface area contributed by atoms with Gasteiger partial charge in [-0.1, -0.05) is 6.08 Å². The van der Waals surface area contributed by atoms with Crippen molar-refractivity contribution in [3.05, 3.63) is 24.0 Å². The van der Waals surface area contributed by atoms with Crippen LogP contribution < -0.4 is 0 Å². The van der Waals surface area contributed by atoms with Crippen molar-refractivity contribution >= 4 is 11.8 Å². The van der Waals surface area contributed by atoms with Crippen LogP contribution in [0.5, 0.6) is 0 Å². The third-order valence-electron chi connectivity index (χ3n) is 1.15. The quantitative estimate of drug-likeness (QED) is 0.327. The Morgan fingerprint density at radius 3 is 2.23 bits per heavy atom. The molecule has 5 heteroatoms. The van der Waals surface area contributed by atoms with E-state index in [0.29, 0.717) is 0 Å². The molecule has 0 saturated heterocycles. The summed E-state index contributed by atoms with van der Waals surface area (Å²) >= 11 is 0. The third kappa shape index (κ3) is 4.76. The first-order chi connectivity index (χ1) is 5.95. The van der Waals surface area contributed by atoms with Gasteiger partial charge in [0.05, 0.1) is 0 Å². The highest BCUT2D eigenvalue weighted by atomic mass is 16.4. The van der Waals surface area contributed by atoms with Gasteiger partial charge < -0.3 is 15.3 Å². The van der Waals surface area contributed by atoms with Crippen LogP contribution >= 0.6 is 0 Å². The molecule has 1 atom stereocenters. The Hall–Kier alpha value is -1.62. The first-order valence-electron chi connectivity index (χ1n) is 3.47. The van der Waals surface area contributed by atoms with E-state index in [-0.39, 0.29) is 0 Å². The number of carboxylic acid groups (broad SMARTS) is 1. The van der Waals surface area contributed by atoms with E-state index in [4.69, 9.17) is 15.3 Å². The number of aliphatic carboxylic acids is 1. The molecule has 72 valence electrons. The van der Waals surface area contributed by atoms with Gasteiger partial charge in [-0.3, -0.25) is 4.79 Å². The second-order valence-electron chi connectivity index (χ2n) is 2.29. The number of aliphatic hydroxyl groups is 2. The molecule has 0 spiro atoms. The highest BCUT2D eigenvalue weighted by molar-refractivity contribution is 5.93. The minimum absolute atomic E-state index is 0.561. The predicted octanol–water partition coefficient (Wildman–Crippen LogP) is 0.0190. The zero-order valence-corrected chi connectivity index (χ0v) is 6.97. The van der Waals surface area contributed by atoms with Gasteiger partial charge in [0.1, 0.15) is 6.10 Å². The maximum atomic E-state index is 10.7. The van der Waals surface area contributed by atoms with Crippen LogP contribution in [0.1, 0.15) is 6.92 Å². The summed E-state index contributed by atoms with van der Waals surface area (Å²) in [6, 6.07) is 0. The van der Waals surface area contributed by atoms with Crippen LogP contribution in [-0.2, 0) is 9.59 Å². The number of carboxylic acids is 1. The predicted molar refractivity (Wildman–Crippen MR) is 44.2 cm³/mol. The van der Waals surface area contributed by atoms with Crippen LogP contribution in [0.4, 0.5) is 0 Å². The van der Waals surface area contributed by atoms with Crippen LogP contribution in [-0.4, -0.2) is 33.2 Å². The van der Waals surface area contributed by atoms with Gasteiger partial charge in [-0.25, -0.2) is 4.79 Å². The maximum Gasteiger partial charge on any atom is 0.370 e. The number of aliphatic hydroxyl groups excluding tert-OH is 2. The standard InChI is InChI=1S/C8H10O5/c1-5(9)6(10)3-2-4-7(11)8(12)13/h2-5,9,11H,1H3,(H,12,13). The Morgan fingerprint density at radius 2 is 1.85 bits per heavy atom. The van der Waals surface area contributed by atoms with Crippen molar-refractivity contribution in [3.8, 4) is 0 Å². The second kappa shape index (κ2) is 5.10. The van der Waals surface area contributed by atoms with E-state index >= 15 is 0 Å². The molecule has 0 aliphatic carbocycles. The number of allylic oxidation sites excluding steroid dienone is 2. The fourth-order valence-electron chi connectivity index (χ4n) is 0.445. The molecule has 5 nitrogen and oxygen atoms in total. The zero-order valence-electron chi connectivity index (χ0n) is 6.97. The SMILES string of the molecule is CC(O)C(=O)C=CC=C(O)C(=O)O. The molecule has 0 aromatic rings. The van der Waals surface area contributed by atoms with Crippen LogP contribution in [0.15, 0.2) is 24.0 Å². The molecule has 0 fully saturated rings. The molecular weight excluding hydrogens is 176 g/mol. The summed E-state index contributed by atoms with van der Waals surface area (Å²) in [5.74, 6) is -2.90. The smallest absolute Gasteiger partial charge is 0.370 e. The van der Waals surface area contributed by atoms with E-state index in [1.165, 1.54) is 6.92 Å². The summed E-state index contributed by atoms with van der Waals surface area (Å²) in [5.41, 5.74) is 0. The minimum Gasteiger partial charge on any atom is -0.502 e. The molecule has 1 unspecified atom stereocenters. The Kier molecular flexibility index (Phi) is 4.47. The molecule has 0 aromatic heterocycles. The van der Waals surface area contributed by atoms with E-state index in [9.17, 15) is 9.59 Å². The minimum atomic E-state index is -1.48. The van der Waals surface area contributed by atoms with Gasteiger partial charge in [-0.2, -0.15) is 0 Å². The molecule has 0 aliphatic rings. The van der Waals surface area contributed by atoms with Gasteiger partial charge in [0.25, 0.3) is 0 Å². The third-order valence-corrected chi connectivity index (χ3v) is 1.15. The highest BCUT2D eigenvalue weighted by Gasteiger charge is 2.03. The normalized spacial score (nSPS) is 14.5. The van der Waals surface area contributed by atoms with Crippen LogP contribution in [0.3, 0.4) is 0 Å². The van der Waals surface area contributed by atoms with E-state index in [1.807, 2.05) is 0 Å². The molecule has 13 heavy (non-hydrogen) atoms. The molecular formula is C8H10O5. The Bertz CT molecular complexity index is 262. The number of rotatable bonds is 4. The lowest BCUT2D eigenvalue weighted by molar-refractivity contribution is -0.135. The molecule has 0 heterocycles. The van der Waals surface area contributed by atoms with Gasteiger partial charge in [-0.15, -0.1) is 0 Å². The van der Waals surface area contributed by atoms with E-state index in [1.54, 1.807) is 0 Å². The number of hydrogen-bond donors (Lipinski definition) is 3. The van der Waals surface area contributed by atoms with Gasteiger partial charge in [0.2, 0.25) is 5.76 Å². The van der Waals surface area contributed by atoms with Gasteiger partial charge in [0.15, 0.2) is 5.78 Å². The average Bonchev–Trinajstić information content (AvgIpc) is 2.03. The summed E-state index contributed by atoms with van der Waals surface area (Å²) in [5, 5.41) is 25.5. The second-order valence-corrected chi connectivity index (χ2v) is 2.29. The molecule has 0 saturated carbocycles. The lowest BCUT2D eigenvalue weighted by Crippen LogP contribution is -2.12. The van der Waals surface area contributed by atoms with Crippen LogP contribution in [0, 0.1) is 0 Å². The van der Waals surface area contributed by atoms with E-state index in [2.05, 4.69) is 0 Å². The Morgan fingerprint density at radius 1 is 1.31 bits per heavy atom. The topological polar surface area (TPSA) is 94.8 Å². The average molecular weight is 186 g/mol. The summed E-state index contributed by atoms with van der Waals surface area (Å²) in [6.07, 6.45) is 1.75. The summed E-state index contributed by atoms with van der Waals surface area (Å²) in [6.45, 7) is 1.29. The summed E-state index contributed by atoms with van der Waals surface area (Å²) in [7, 11) is 0. The highest BCUT2D eigenvalue weighted by Crippen LogP contribution is 1.91. The molecule has 0 bridgehead atoms. The Labute approximate surface area is 74.6 Å². The van der Waals surface area contributed by atoms with Crippen molar-refractivity contribution in [1.82, 2.24) is 0 Å². The van der Waals surface area contributed by atoms with Crippen molar-refractivity contribution in [2.45, 2.75) is 13.0 Å². The van der Waals surface area contributed by atoms with Crippen molar-refractivity contribution in [2.75, 3.05) is 0 Å². The number of hydrogen-bond acceptors (Lipinski definition) is 4. The van der Waals surface area contributed by atoms with E-state index in [0.717, 1.165) is 18.2 Å². The molecule has 0 amide bonds. The fraction of sp³-hybridized carbons (Fsp3) is 0.250. The van der Waals surface area contributed by atoms with Crippen molar-refractivity contribution < 1.29 is 24.9 Å². The van der Waals surface area contributed by atoms with Crippen LogP contribution in [0.25, 0.3) is 0 Å². The first kappa shape index (κ1) is 11.4. The van der Waals surface area contributed by atoms with E-state index < -0.39 is 23.6 Å². The molecule has 0 aromatic carbocycles. The number of ketones is 1. The maximum absolute atomic E-state index is 10.7. The summed E-state index contributed by atoms with van der Waals surface area (Å²) in [4.78, 5) is 20.7. The van der Waals surface area contributed by atoms with Crippen molar-refractivity contribution in [3.63, 3.8) is 0 Å². The molecule has 0 aliphatic heterocycles. The largest absolute Gasteiger partial charge is 0.502 e. The van der Waals surface area contributed by atoms with Gasteiger partial charge >= 0.3 is 5.97 Å². The summed E-state index contributed by atoms with van der Waals surface area (Å²) < 4.78 is 0. The van der Waals surface area contributed by atoms with Crippen molar-refractivity contribution in [2.24, 2.45) is 0 Å².